The van der Waals surface area contributed by atoms with E-state index in [1.54, 1.807) is 0 Å². The standard InChI is InChI=1S/C21H25N3/c1-15-9-12-24(13-10-15)21(17-6-5-11-22-14-17)20-16(2)23-19-8-4-3-7-18(19)20/h3-8,11,14-15,21,23H,9-10,12-13H2,1-2H3. The molecule has 1 saturated heterocycles. The molecule has 0 saturated carbocycles. The number of nitrogens with one attached hydrogen (secondary N) is 1. The molecule has 3 aromatic rings. The van der Waals surface area contributed by atoms with Gasteiger partial charge < -0.3 is 4.98 Å². The van der Waals surface area contributed by atoms with Crippen LogP contribution in [0.5, 0.6) is 0 Å². The Labute approximate surface area is 143 Å². The van der Waals surface area contributed by atoms with Crippen molar-refractivity contribution in [3.05, 3.63) is 65.6 Å². The molecule has 24 heavy (non-hydrogen) atoms. The van der Waals surface area contributed by atoms with Crippen LogP contribution in [0, 0.1) is 12.8 Å². The summed E-state index contributed by atoms with van der Waals surface area (Å²) >= 11 is 0. The molecule has 0 spiro atoms. The van der Waals surface area contributed by atoms with E-state index in [4.69, 9.17) is 0 Å². The number of fused-ring (bicyclic) bond motifs is 1. The van der Waals surface area contributed by atoms with Crippen molar-refractivity contribution in [3.63, 3.8) is 0 Å². The summed E-state index contributed by atoms with van der Waals surface area (Å²) in [5.41, 5.74) is 5.20. The zero-order chi connectivity index (χ0) is 16.5. The summed E-state index contributed by atoms with van der Waals surface area (Å²) in [6, 6.07) is 13.2. The van der Waals surface area contributed by atoms with Crippen LogP contribution in [0.3, 0.4) is 0 Å². The van der Waals surface area contributed by atoms with Crippen molar-refractivity contribution in [3.8, 4) is 0 Å². The molecule has 1 unspecified atom stereocenters. The molecule has 3 nitrogen and oxygen atoms in total. The predicted molar refractivity (Wildman–Crippen MR) is 99.1 cm³/mol. The van der Waals surface area contributed by atoms with Crippen molar-refractivity contribution >= 4 is 10.9 Å². The monoisotopic (exact) mass is 319 g/mol. The number of H-pyrrole nitrogens is 1. The van der Waals surface area contributed by atoms with E-state index >= 15 is 0 Å². The predicted octanol–water partition coefficient (Wildman–Crippen LogP) is 4.69. The van der Waals surface area contributed by atoms with Gasteiger partial charge in [-0.05, 0) is 56.5 Å². The third-order valence-electron chi connectivity index (χ3n) is 5.40. The average Bonchev–Trinajstić information content (AvgIpc) is 2.94. The maximum Gasteiger partial charge on any atom is 0.0640 e. The maximum atomic E-state index is 4.40. The number of nitrogens with zero attached hydrogens (tertiary/aromatic N) is 2. The minimum Gasteiger partial charge on any atom is -0.358 e. The molecule has 3 heteroatoms. The molecule has 0 bridgehead atoms. The average molecular weight is 319 g/mol. The summed E-state index contributed by atoms with van der Waals surface area (Å²) < 4.78 is 0. The van der Waals surface area contributed by atoms with Crippen molar-refractivity contribution in [1.82, 2.24) is 14.9 Å². The zero-order valence-corrected chi connectivity index (χ0v) is 14.5. The molecule has 1 N–H and O–H groups in total. The molecule has 4 rings (SSSR count). The fourth-order valence-corrected chi connectivity index (χ4v) is 4.04. The van der Waals surface area contributed by atoms with Crippen molar-refractivity contribution < 1.29 is 0 Å². The Morgan fingerprint density at radius 2 is 1.92 bits per heavy atom. The molecule has 3 heterocycles. The molecule has 1 aliphatic heterocycles. The quantitative estimate of drug-likeness (QED) is 0.759. The number of hydrogen-bond donors (Lipinski definition) is 1. The second-order valence-corrected chi connectivity index (χ2v) is 7.12. The number of aromatic nitrogens is 2. The smallest absolute Gasteiger partial charge is 0.0640 e. The second kappa shape index (κ2) is 6.40. The van der Waals surface area contributed by atoms with Gasteiger partial charge in [-0.3, -0.25) is 9.88 Å². The molecule has 0 amide bonds. The summed E-state index contributed by atoms with van der Waals surface area (Å²) in [5.74, 6) is 0.833. The van der Waals surface area contributed by atoms with Crippen LogP contribution in [-0.2, 0) is 0 Å². The van der Waals surface area contributed by atoms with E-state index in [1.165, 1.54) is 40.6 Å². The van der Waals surface area contributed by atoms with Gasteiger partial charge in [-0.1, -0.05) is 31.2 Å². The number of piperidine rings is 1. The van der Waals surface area contributed by atoms with Crippen LogP contribution in [0.4, 0.5) is 0 Å². The van der Waals surface area contributed by atoms with Gasteiger partial charge in [-0.2, -0.15) is 0 Å². The van der Waals surface area contributed by atoms with Crippen LogP contribution in [0.15, 0.2) is 48.8 Å². The summed E-state index contributed by atoms with van der Waals surface area (Å²) in [7, 11) is 0. The first-order valence-corrected chi connectivity index (χ1v) is 8.95. The number of rotatable bonds is 3. The number of hydrogen-bond acceptors (Lipinski definition) is 2. The summed E-state index contributed by atoms with van der Waals surface area (Å²) in [4.78, 5) is 10.6. The van der Waals surface area contributed by atoms with Gasteiger partial charge in [0.25, 0.3) is 0 Å². The van der Waals surface area contributed by atoms with Crippen LogP contribution in [-0.4, -0.2) is 28.0 Å². The van der Waals surface area contributed by atoms with Crippen molar-refractivity contribution in [2.45, 2.75) is 32.7 Å². The fourth-order valence-electron chi connectivity index (χ4n) is 4.04. The van der Waals surface area contributed by atoms with E-state index in [0.717, 1.165) is 19.0 Å². The van der Waals surface area contributed by atoms with Crippen LogP contribution in [0.1, 0.15) is 42.6 Å². The van der Waals surface area contributed by atoms with E-state index in [9.17, 15) is 0 Å². The van der Waals surface area contributed by atoms with Crippen LogP contribution >= 0.6 is 0 Å². The Morgan fingerprint density at radius 1 is 1.12 bits per heavy atom. The minimum atomic E-state index is 0.280. The van der Waals surface area contributed by atoms with Crippen LogP contribution in [0.2, 0.25) is 0 Å². The van der Waals surface area contributed by atoms with Gasteiger partial charge in [-0.15, -0.1) is 0 Å². The minimum absolute atomic E-state index is 0.280. The second-order valence-electron chi connectivity index (χ2n) is 7.12. The molecule has 1 atom stereocenters. The molecular formula is C21H25N3. The number of benzene rings is 1. The lowest BCUT2D eigenvalue weighted by Crippen LogP contribution is -2.37. The Bertz CT molecular complexity index is 813. The zero-order valence-electron chi connectivity index (χ0n) is 14.5. The Hall–Kier alpha value is -2.13. The van der Waals surface area contributed by atoms with Crippen molar-refractivity contribution in [2.24, 2.45) is 5.92 Å². The molecule has 2 aromatic heterocycles. The van der Waals surface area contributed by atoms with E-state index < -0.39 is 0 Å². The third kappa shape index (κ3) is 2.73. The van der Waals surface area contributed by atoms with Gasteiger partial charge >= 0.3 is 0 Å². The number of likely N-dealkylation sites (tertiary alicyclic amines) is 1. The summed E-state index contributed by atoms with van der Waals surface area (Å²) in [6.45, 7) is 6.87. The highest BCUT2D eigenvalue weighted by Gasteiger charge is 2.29. The van der Waals surface area contributed by atoms with Gasteiger partial charge in [-0.25, -0.2) is 0 Å². The summed E-state index contributed by atoms with van der Waals surface area (Å²) in [5, 5.41) is 1.34. The van der Waals surface area contributed by atoms with Crippen LogP contribution < -0.4 is 0 Å². The first kappa shape index (κ1) is 15.4. The molecule has 1 fully saturated rings. The summed E-state index contributed by atoms with van der Waals surface area (Å²) in [6.07, 6.45) is 6.45. The highest BCUT2D eigenvalue weighted by atomic mass is 15.2. The van der Waals surface area contributed by atoms with Gasteiger partial charge in [0.2, 0.25) is 0 Å². The van der Waals surface area contributed by atoms with E-state index in [1.807, 2.05) is 12.4 Å². The highest BCUT2D eigenvalue weighted by molar-refractivity contribution is 5.85. The van der Waals surface area contributed by atoms with E-state index in [0.29, 0.717) is 0 Å². The normalized spacial score (nSPS) is 18.1. The number of pyridine rings is 1. The third-order valence-corrected chi connectivity index (χ3v) is 5.40. The first-order chi connectivity index (χ1) is 11.7. The SMILES string of the molecule is Cc1[nH]c2ccccc2c1C(c1cccnc1)N1CCC(C)CC1. The highest BCUT2D eigenvalue weighted by Crippen LogP contribution is 2.37. The number of para-hydroxylation sites is 1. The van der Waals surface area contributed by atoms with Crippen molar-refractivity contribution in [1.29, 1.82) is 0 Å². The van der Waals surface area contributed by atoms with Crippen molar-refractivity contribution in [2.75, 3.05) is 13.1 Å². The Morgan fingerprint density at radius 3 is 2.67 bits per heavy atom. The van der Waals surface area contributed by atoms with E-state index in [2.05, 4.69) is 65.1 Å². The van der Waals surface area contributed by atoms with Gasteiger partial charge in [0.05, 0.1) is 6.04 Å². The molecule has 1 aliphatic rings. The lowest BCUT2D eigenvalue weighted by molar-refractivity contribution is 0.158. The van der Waals surface area contributed by atoms with Gasteiger partial charge in [0.1, 0.15) is 0 Å². The van der Waals surface area contributed by atoms with Gasteiger partial charge in [0.15, 0.2) is 0 Å². The van der Waals surface area contributed by atoms with Crippen LogP contribution in [0.25, 0.3) is 10.9 Å². The molecule has 0 aliphatic carbocycles. The topological polar surface area (TPSA) is 31.9 Å². The largest absolute Gasteiger partial charge is 0.358 e. The maximum absolute atomic E-state index is 4.40. The van der Waals surface area contributed by atoms with Gasteiger partial charge in [0, 0.05) is 34.6 Å². The Balaban J connectivity index is 1.84. The van der Waals surface area contributed by atoms with E-state index in [-0.39, 0.29) is 6.04 Å². The fraction of sp³-hybridized carbons (Fsp3) is 0.381. The lowest BCUT2D eigenvalue weighted by atomic mass is 9.91. The first-order valence-electron chi connectivity index (χ1n) is 8.95. The number of aryl methyl sites for hydroxylation is 1. The molecule has 0 radical (unpaired) electrons. The lowest BCUT2D eigenvalue weighted by Gasteiger charge is -2.37. The Kier molecular flexibility index (Phi) is 4.11. The molecular weight excluding hydrogens is 294 g/mol. The molecule has 1 aromatic carbocycles. The number of aromatic amines is 1. The molecule has 124 valence electrons.